The van der Waals surface area contributed by atoms with Gasteiger partial charge in [-0.3, -0.25) is 15.3 Å². The van der Waals surface area contributed by atoms with E-state index in [0.29, 0.717) is 24.6 Å². The highest BCUT2D eigenvalue weighted by molar-refractivity contribution is 5.96. The van der Waals surface area contributed by atoms with Crippen molar-refractivity contribution in [1.29, 1.82) is 0 Å². The maximum Gasteiger partial charge on any atom is 0.324 e. The van der Waals surface area contributed by atoms with Crippen LogP contribution < -0.4 is 16.1 Å². The molecule has 0 unspecified atom stereocenters. The minimum Gasteiger partial charge on any atom is -0.359 e. The van der Waals surface area contributed by atoms with Crippen molar-refractivity contribution in [2.75, 3.05) is 13.6 Å². The fourth-order valence-corrected chi connectivity index (χ4v) is 2.14. The van der Waals surface area contributed by atoms with Crippen LogP contribution in [0.25, 0.3) is 0 Å². The van der Waals surface area contributed by atoms with E-state index in [2.05, 4.69) is 22.5 Å². The van der Waals surface area contributed by atoms with E-state index in [1.807, 2.05) is 6.92 Å². The number of guanidine groups is 1. The summed E-state index contributed by atoms with van der Waals surface area (Å²) in [5.74, 6) is -0.208. The summed E-state index contributed by atoms with van der Waals surface area (Å²) in [7, 11) is 1.68. The zero-order valence-corrected chi connectivity index (χ0v) is 15.5. The minimum atomic E-state index is -0.573. The smallest absolute Gasteiger partial charge is 0.324 e. The molecule has 0 aliphatic carbocycles. The Bertz CT molecular complexity index is 641. The lowest BCUT2D eigenvalue weighted by Crippen LogP contribution is -2.46. The first-order valence-electron chi connectivity index (χ1n) is 8.51. The van der Waals surface area contributed by atoms with Crippen LogP contribution in [0.5, 0.6) is 0 Å². The molecule has 0 saturated carbocycles. The highest BCUT2D eigenvalue weighted by Gasteiger charge is 2.15. The molecule has 0 aliphatic rings. The number of hydrogen-bond donors (Lipinski definition) is 4. The molecular formula is C18H27N5O3. The molecule has 0 radical (unpaired) electrons. The van der Waals surface area contributed by atoms with Crippen LogP contribution in [0.15, 0.2) is 41.5 Å². The number of rotatable bonds is 7. The molecule has 0 aromatic heterocycles. The third-order valence-corrected chi connectivity index (χ3v) is 3.57. The lowest BCUT2D eigenvalue weighted by molar-refractivity contribution is 0.0706. The summed E-state index contributed by atoms with van der Waals surface area (Å²) < 4.78 is 0. The summed E-state index contributed by atoms with van der Waals surface area (Å²) in [5, 5.41) is 14.2. The number of aliphatic imine (C=N–C) groups is 1. The molecule has 8 heteroatoms. The Hall–Kier alpha value is -2.87. The van der Waals surface area contributed by atoms with Crippen LogP contribution in [0.4, 0.5) is 4.79 Å². The van der Waals surface area contributed by atoms with Gasteiger partial charge in [-0.05, 0) is 31.0 Å². The Morgan fingerprint density at radius 1 is 1.27 bits per heavy atom. The molecule has 0 saturated heterocycles. The molecule has 0 aliphatic heterocycles. The van der Waals surface area contributed by atoms with E-state index >= 15 is 0 Å². The first-order chi connectivity index (χ1) is 12.5. The fourth-order valence-electron chi connectivity index (χ4n) is 2.14. The van der Waals surface area contributed by atoms with Crippen molar-refractivity contribution >= 4 is 17.9 Å². The quantitative estimate of drug-likeness (QED) is 0.259. The van der Waals surface area contributed by atoms with Gasteiger partial charge in [0.2, 0.25) is 5.96 Å². The number of nitrogens with one attached hydrogen (secondary N) is 3. The van der Waals surface area contributed by atoms with Gasteiger partial charge in [-0.15, -0.1) is 0 Å². The average molecular weight is 361 g/mol. The summed E-state index contributed by atoms with van der Waals surface area (Å²) in [6, 6.07) is 6.45. The van der Waals surface area contributed by atoms with Crippen molar-refractivity contribution in [1.82, 2.24) is 21.0 Å². The Labute approximate surface area is 153 Å². The molecule has 26 heavy (non-hydrogen) atoms. The van der Waals surface area contributed by atoms with Crippen LogP contribution in [0.1, 0.15) is 42.6 Å². The van der Waals surface area contributed by atoms with Crippen molar-refractivity contribution in [3.05, 3.63) is 47.7 Å². The second-order valence-corrected chi connectivity index (χ2v) is 5.55. The highest BCUT2D eigenvalue weighted by atomic mass is 16.5. The monoisotopic (exact) mass is 361 g/mol. The molecule has 1 aromatic rings. The summed E-state index contributed by atoms with van der Waals surface area (Å²) in [6.45, 7) is 4.90. The Morgan fingerprint density at radius 3 is 2.50 bits per heavy atom. The van der Waals surface area contributed by atoms with Crippen LogP contribution in [-0.4, -0.2) is 41.6 Å². The second kappa shape index (κ2) is 11.6. The van der Waals surface area contributed by atoms with Crippen molar-refractivity contribution in [3.8, 4) is 0 Å². The van der Waals surface area contributed by atoms with Crippen LogP contribution >= 0.6 is 0 Å². The van der Waals surface area contributed by atoms with E-state index < -0.39 is 5.91 Å². The van der Waals surface area contributed by atoms with E-state index in [4.69, 9.17) is 5.21 Å². The number of unbranched alkanes of at least 4 members (excludes halogenated alkanes) is 1. The first kappa shape index (κ1) is 21.2. The van der Waals surface area contributed by atoms with Crippen LogP contribution in [-0.2, 0) is 6.54 Å². The van der Waals surface area contributed by atoms with Crippen LogP contribution in [0.3, 0.4) is 0 Å². The maximum absolute atomic E-state index is 12.6. The molecule has 1 aromatic carbocycles. The predicted octanol–water partition coefficient (Wildman–Crippen LogP) is 2.23. The number of carbonyl (C=O) groups is 2. The zero-order chi connectivity index (χ0) is 19.4. The lowest BCUT2D eigenvalue weighted by Gasteiger charge is -2.23. The Balaban J connectivity index is 2.85. The van der Waals surface area contributed by atoms with Gasteiger partial charge in [0.25, 0.3) is 5.91 Å². The normalized spacial score (nSPS) is 11.3. The molecule has 0 fully saturated rings. The number of hydroxylamine groups is 1. The fraction of sp³-hybridized carbons (Fsp3) is 0.389. The van der Waals surface area contributed by atoms with Gasteiger partial charge in [-0.2, -0.15) is 0 Å². The van der Waals surface area contributed by atoms with Crippen molar-refractivity contribution in [2.24, 2.45) is 4.99 Å². The first-order valence-corrected chi connectivity index (χ1v) is 8.51. The molecule has 3 amide bonds. The SMILES string of the molecule is C/C=C\N=C(/NC)NC(=O)N(CCCC)Cc1ccc(C(=O)NO)cc1. The van der Waals surface area contributed by atoms with Crippen molar-refractivity contribution < 1.29 is 14.8 Å². The van der Waals surface area contributed by atoms with Gasteiger partial charge in [0.15, 0.2) is 0 Å². The third-order valence-electron chi connectivity index (χ3n) is 3.57. The Kier molecular flexibility index (Phi) is 9.48. The number of amides is 3. The van der Waals surface area contributed by atoms with E-state index in [-0.39, 0.29) is 6.03 Å². The number of urea groups is 1. The molecule has 8 nitrogen and oxygen atoms in total. The summed E-state index contributed by atoms with van der Waals surface area (Å²) in [6.07, 6.45) is 5.19. The number of hydrogen-bond acceptors (Lipinski definition) is 4. The summed E-state index contributed by atoms with van der Waals surface area (Å²) in [4.78, 5) is 29.8. The standard InChI is InChI=1S/C18H27N5O3/c1-4-6-12-23(18(25)21-17(19-3)20-11-5-2)13-14-7-9-15(10-8-14)16(24)22-26/h5,7-11,26H,4,6,12-13H2,1-3H3,(H,22,24)(H2,19,20,21,25)/b11-5-. The van der Waals surface area contributed by atoms with E-state index in [1.165, 1.54) is 0 Å². The van der Waals surface area contributed by atoms with Gasteiger partial charge in [0.05, 0.1) is 0 Å². The van der Waals surface area contributed by atoms with Crippen molar-refractivity contribution in [3.63, 3.8) is 0 Å². The largest absolute Gasteiger partial charge is 0.359 e. The number of benzene rings is 1. The van der Waals surface area contributed by atoms with Gasteiger partial charge < -0.3 is 10.2 Å². The van der Waals surface area contributed by atoms with Crippen LogP contribution in [0, 0.1) is 0 Å². The van der Waals surface area contributed by atoms with E-state index in [1.54, 1.807) is 54.0 Å². The van der Waals surface area contributed by atoms with E-state index in [0.717, 1.165) is 18.4 Å². The molecule has 4 N–H and O–H groups in total. The third kappa shape index (κ3) is 6.94. The topological polar surface area (TPSA) is 106 Å². The summed E-state index contributed by atoms with van der Waals surface area (Å²) >= 11 is 0. The number of carbonyl (C=O) groups excluding carboxylic acids is 2. The predicted molar refractivity (Wildman–Crippen MR) is 101 cm³/mol. The lowest BCUT2D eigenvalue weighted by atomic mass is 10.1. The van der Waals surface area contributed by atoms with Gasteiger partial charge in [0.1, 0.15) is 0 Å². The average Bonchev–Trinajstić information content (AvgIpc) is 2.67. The van der Waals surface area contributed by atoms with Crippen molar-refractivity contribution in [2.45, 2.75) is 33.2 Å². The van der Waals surface area contributed by atoms with Gasteiger partial charge in [0, 0.05) is 31.9 Å². The number of nitrogens with zero attached hydrogens (tertiary/aromatic N) is 2. The molecule has 0 bridgehead atoms. The van der Waals surface area contributed by atoms with Crippen LogP contribution in [0.2, 0.25) is 0 Å². The second-order valence-electron chi connectivity index (χ2n) is 5.55. The molecule has 0 spiro atoms. The maximum atomic E-state index is 12.6. The van der Waals surface area contributed by atoms with E-state index in [9.17, 15) is 9.59 Å². The van der Waals surface area contributed by atoms with Gasteiger partial charge in [-0.1, -0.05) is 31.6 Å². The molecule has 0 atom stereocenters. The molecular weight excluding hydrogens is 334 g/mol. The molecule has 142 valence electrons. The Morgan fingerprint density at radius 2 is 1.96 bits per heavy atom. The molecule has 0 heterocycles. The summed E-state index contributed by atoms with van der Waals surface area (Å²) in [5.41, 5.74) is 2.81. The van der Waals surface area contributed by atoms with Gasteiger partial charge in [-0.25, -0.2) is 15.3 Å². The number of allylic oxidation sites excluding steroid dienone is 1. The zero-order valence-electron chi connectivity index (χ0n) is 15.5. The molecule has 1 rings (SSSR count). The van der Waals surface area contributed by atoms with Gasteiger partial charge >= 0.3 is 6.03 Å². The minimum absolute atomic E-state index is 0.256. The highest BCUT2D eigenvalue weighted by Crippen LogP contribution is 2.09.